The van der Waals surface area contributed by atoms with Crippen molar-refractivity contribution in [1.82, 2.24) is 9.97 Å². The first-order valence-electron chi connectivity index (χ1n) is 5.04. The van der Waals surface area contributed by atoms with Gasteiger partial charge >= 0.3 is 0 Å². The molecule has 0 aromatic carbocycles. The van der Waals surface area contributed by atoms with Crippen molar-refractivity contribution in [1.29, 1.82) is 0 Å². The highest BCUT2D eigenvalue weighted by Gasteiger charge is 2.07. The summed E-state index contributed by atoms with van der Waals surface area (Å²) in [5.74, 6) is 1.13. The molecular formula is C9H15ClN4O2S. The molecule has 1 heterocycles. The van der Waals surface area contributed by atoms with E-state index in [1.54, 1.807) is 13.8 Å². The van der Waals surface area contributed by atoms with E-state index >= 15 is 0 Å². The Bertz CT molecular complexity index is 504. The molecule has 0 atom stereocenters. The third-order valence-corrected chi connectivity index (χ3v) is 3.32. The molecule has 0 saturated heterocycles. The molecule has 96 valence electrons. The van der Waals surface area contributed by atoms with Crippen LogP contribution in [-0.4, -0.2) is 30.7 Å². The van der Waals surface area contributed by atoms with Crippen molar-refractivity contribution in [2.45, 2.75) is 20.3 Å². The molecule has 1 aromatic heterocycles. The Morgan fingerprint density at radius 1 is 1.35 bits per heavy atom. The third-order valence-electron chi connectivity index (χ3n) is 2.10. The van der Waals surface area contributed by atoms with Gasteiger partial charge in [-0.1, -0.05) is 11.6 Å². The number of nitrogens with zero attached hydrogens (tertiary/aromatic N) is 2. The van der Waals surface area contributed by atoms with Crippen LogP contribution in [-0.2, 0) is 10.0 Å². The number of anilines is 1. The lowest BCUT2D eigenvalue weighted by Gasteiger charge is -2.09. The standard InChI is InChI=1S/C9H15ClN4O2S/c1-6-8(10)13-7(2)14-9(6)12-4-3-5-17(11,15)16/h3-5H2,1-2H3,(H2,11,15,16)(H,12,13,14). The van der Waals surface area contributed by atoms with Gasteiger partial charge in [-0.25, -0.2) is 23.5 Å². The van der Waals surface area contributed by atoms with Crippen LogP contribution < -0.4 is 10.5 Å². The van der Waals surface area contributed by atoms with E-state index in [0.29, 0.717) is 29.8 Å². The lowest BCUT2D eigenvalue weighted by atomic mass is 10.3. The first-order valence-corrected chi connectivity index (χ1v) is 7.14. The molecule has 0 aliphatic heterocycles. The minimum atomic E-state index is -3.40. The summed E-state index contributed by atoms with van der Waals surface area (Å²) in [6, 6.07) is 0. The molecule has 1 aromatic rings. The Balaban J connectivity index is 2.58. The zero-order valence-electron chi connectivity index (χ0n) is 9.70. The number of aromatic nitrogens is 2. The number of rotatable bonds is 5. The van der Waals surface area contributed by atoms with Crippen LogP contribution in [0.3, 0.4) is 0 Å². The second-order valence-electron chi connectivity index (χ2n) is 3.68. The largest absolute Gasteiger partial charge is 0.370 e. The normalized spacial score (nSPS) is 11.5. The van der Waals surface area contributed by atoms with Crippen LogP contribution >= 0.6 is 11.6 Å². The number of halogens is 1. The Hall–Kier alpha value is -0.920. The lowest BCUT2D eigenvalue weighted by molar-refractivity contribution is 0.595. The summed E-state index contributed by atoms with van der Waals surface area (Å²) in [5.41, 5.74) is 0.743. The van der Waals surface area contributed by atoms with Crippen LogP contribution in [0.15, 0.2) is 0 Å². The molecule has 1 rings (SSSR count). The molecule has 3 N–H and O–H groups in total. The van der Waals surface area contributed by atoms with E-state index in [2.05, 4.69) is 15.3 Å². The first-order chi connectivity index (χ1) is 7.79. The number of nitrogens with two attached hydrogens (primary N) is 1. The van der Waals surface area contributed by atoms with Gasteiger partial charge in [-0.2, -0.15) is 0 Å². The van der Waals surface area contributed by atoms with Crippen LogP contribution in [0.2, 0.25) is 5.15 Å². The van der Waals surface area contributed by atoms with Crippen LogP contribution in [0.4, 0.5) is 5.82 Å². The van der Waals surface area contributed by atoms with E-state index in [9.17, 15) is 8.42 Å². The minimum Gasteiger partial charge on any atom is -0.370 e. The number of nitrogens with one attached hydrogen (secondary N) is 1. The minimum absolute atomic E-state index is 0.0587. The van der Waals surface area contributed by atoms with Crippen LogP contribution in [0.5, 0.6) is 0 Å². The van der Waals surface area contributed by atoms with E-state index in [0.717, 1.165) is 5.56 Å². The molecule has 0 fully saturated rings. The molecule has 0 unspecified atom stereocenters. The molecule has 0 amide bonds. The molecule has 0 saturated carbocycles. The van der Waals surface area contributed by atoms with E-state index < -0.39 is 10.0 Å². The highest BCUT2D eigenvalue weighted by molar-refractivity contribution is 7.89. The predicted molar refractivity (Wildman–Crippen MR) is 67.6 cm³/mol. The fraction of sp³-hybridized carbons (Fsp3) is 0.556. The van der Waals surface area contributed by atoms with Gasteiger partial charge < -0.3 is 5.32 Å². The maximum atomic E-state index is 10.7. The Kier molecular flexibility index (Phi) is 4.67. The van der Waals surface area contributed by atoms with Crippen molar-refractivity contribution in [2.75, 3.05) is 17.6 Å². The van der Waals surface area contributed by atoms with Crippen molar-refractivity contribution in [2.24, 2.45) is 5.14 Å². The first kappa shape index (κ1) is 14.1. The number of sulfonamides is 1. The molecule has 8 heteroatoms. The topological polar surface area (TPSA) is 98.0 Å². The summed E-state index contributed by atoms with van der Waals surface area (Å²) >= 11 is 5.90. The van der Waals surface area contributed by atoms with Crippen LogP contribution in [0.25, 0.3) is 0 Å². The molecular weight excluding hydrogens is 264 g/mol. The van der Waals surface area contributed by atoms with Gasteiger partial charge in [0.2, 0.25) is 10.0 Å². The summed E-state index contributed by atoms with van der Waals surface area (Å²) in [4.78, 5) is 8.18. The quantitative estimate of drug-likeness (QED) is 0.614. The van der Waals surface area contributed by atoms with Crippen LogP contribution in [0, 0.1) is 13.8 Å². The predicted octanol–water partition coefficient (Wildman–Crippen LogP) is 0.837. The van der Waals surface area contributed by atoms with Gasteiger partial charge in [0.15, 0.2) is 0 Å². The number of hydrogen-bond acceptors (Lipinski definition) is 5. The Morgan fingerprint density at radius 3 is 2.59 bits per heavy atom. The van der Waals surface area contributed by atoms with E-state index in [-0.39, 0.29) is 5.75 Å². The zero-order valence-corrected chi connectivity index (χ0v) is 11.3. The van der Waals surface area contributed by atoms with E-state index in [1.165, 1.54) is 0 Å². The van der Waals surface area contributed by atoms with Crippen molar-refractivity contribution in [3.05, 3.63) is 16.5 Å². The number of primary sulfonamides is 1. The van der Waals surface area contributed by atoms with Crippen LogP contribution in [0.1, 0.15) is 17.8 Å². The average molecular weight is 279 g/mol. The maximum absolute atomic E-state index is 10.7. The molecule has 0 spiro atoms. The van der Waals surface area contributed by atoms with Crippen molar-refractivity contribution < 1.29 is 8.42 Å². The SMILES string of the molecule is Cc1nc(Cl)c(C)c(NCCCS(N)(=O)=O)n1. The summed E-state index contributed by atoms with van der Waals surface area (Å²) in [7, 11) is -3.40. The molecule has 0 radical (unpaired) electrons. The highest BCUT2D eigenvalue weighted by Crippen LogP contribution is 2.19. The van der Waals surface area contributed by atoms with Gasteiger partial charge in [0, 0.05) is 12.1 Å². The Labute approximate surface area is 106 Å². The average Bonchev–Trinajstić information content (AvgIpc) is 2.18. The second-order valence-corrected chi connectivity index (χ2v) is 5.77. The molecule has 17 heavy (non-hydrogen) atoms. The van der Waals surface area contributed by atoms with Gasteiger partial charge in [0.25, 0.3) is 0 Å². The van der Waals surface area contributed by atoms with Gasteiger partial charge in [-0.05, 0) is 20.3 Å². The fourth-order valence-corrected chi connectivity index (χ4v) is 2.01. The zero-order chi connectivity index (χ0) is 13.1. The maximum Gasteiger partial charge on any atom is 0.209 e. The summed E-state index contributed by atoms with van der Waals surface area (Å²) < 4.78 is 21.4. The Morgan fingerprint density at radius 2 is 2.00 bits per heavy atom. The molecule has 6 nitrogen and oxygen atoms in total. The van der Waals surface area contributed by atoms with Gasteiger partial charge in [-0.3, -0.25) is 0 Å². The molecule has 0 bridgehead atoms. The summed E-state index contributed by atoms with van der Waals surface area (Å²) in [5, 5.41) is 8.30. The summed E-state index contributed by atoms with van der Waals surface area (Å²) in [6.45, 7) is 3.99. The van der Waals surface area contributed by atoms with E-state index in [1.807, 2.05) is 0 Å². The second kappa shape index (κ2) is 5.61. The van der Waals surface area contributed by atoms with Crippen molar-refractivity contribution in [3.8, 4) is 0 Å². The summed E-state index contributed by atoms with van der Waals surface area (Å²) in [6.07, 6.45) is 0.416. The fourth-order valence-electron chi connectivity index (χ4n) is 1.25. The lowest BCUT2D eigenvalue weighted by Crippen LogP contribution is -2.19. The van der Waals surface area contributed by atoms with Crippen molar-refractivity contribution >= 4 is 27.4 Å². The smallest absolute Gasteiger partial charge is 0.209 e. The van der Waals surface area contributed by atoms with Crippen molar-refractivity contribution in [3.63, 3.8) is 0 Å². The molecule has 0 aliphatic rings. The number of hydrogen-bond donors (Lipinski definition) is 2. The van der Waals surface area contributed by atoms with Gasteiger partial charge in [0.1, 0.15) is 16.8 Å². The van der Waals surface area contributed by atoms with Gasteiger partial charge in [-0.15, -0.1) is 0 Å². The molecule has 0 aliphatic carbocycles. The third kappa shape index (κ3) is 4.84. The highest BCUT2D eigenvalue weighted by atomic mass is 35.5. The van der Waals surface area contributed by atoms with E-state index in [4.69, 9.17) is 16.7 Å². The van der Waals surface area contributed by atoms with Gasteiger partial charge in [0.05, 0.1) is 5.75 Å². The number of aryl methyl sites for hydroxylation is 1. The monoisotopic (exact) mass is 278 g/mol.